The second-order valence-corrected chi connectivity index (χ2v) is 8.76. The molecule has 0 spiro atoms. The molecule has 0 radical (unpaired) electrons. The predicted octanol–water partition coefficient (Wildman–Crippen LogP) is 4.27. The number of hydrogen-bond donors (Lipinski definition) is 0. The molecule has 1 aliphatic carbocycles. The average Bonchev–Trinajstić information content (AvgIpc) is 3.19. The summed E-state index contributed by atoms with van der Waals surface area (Å²) in [6.07, 6.45) is 6.15. The summed E-state index contributed by atoms with van der Waals surface area (Å²) >= 11 is 3.40. The molecule has 1 aliphatic rings. The number of nitrogens with zero attached hydrogens (tertiary/aromatic N) is 2. The quantitative estimate of drug-likeness (QED) is 0.789. The fourth-order valence-corrected chi connectivity index (χ4v) is 5.71. The lowest BCUT2D eigenvalue weighted by Crippen LogP contribution is -2.01. The Hall–Kier alpha value is -0.590. The summed E-state index contributed by atoms with van der Waals surface area (Å²) in [5, 5.41) is 6.49. The van der Waals surface area contributed by atoms with E-state index >= 15 is 0 Å². The zero-order valence-corrected chi connectivity index (χ0v) is 14.7. The van der Waals surface area contributed by atoms with Crippen molar-refractivity contribution in [3.05, 3.63) is 32.2 Å². The highest BCUT2D eigenvalue weighted by Crippen LogP contribution is 2.35. The van der Waals surface area contributed by atoms with Crippen LogP contribution in [0.2, 0.25) is 0 Å². The van der Waals surface area contributed by atoms with Gasteiger partial charge >= 0.3 is 0 Å². The second-order valence-electron chi connectivity index (χ2n) is 5.47. The van der Waals surface area contributed by atoms with Crippen LogP contribution in [0.4, 0.5) is 0 Å². The first-order valence-corrected chi connectivity index (χ1v) is 10.7. The number of aryl methyl sites for hydroxylation is 1. The summed E-state index contributed by atoms with van der Waals surface area (Å²) in [5.74, 6) is 1.76. The van der Waals surface area contributed by atoms with Crippen LogP contribution in [0.25, 0.3) is 0 Å². The molecule has 2 heterocycles. The summed E-state index contributed by atoms with van der Waals surface area (Å²) in [6, 6.07) is 0. The summed E-state index contributed by atoms with van der Waals surface area (Å²) < 4.78 is 12.3. The van der Waals surface area contributed by atoms with Gasteiger partial charge in [-0.05, 0) is 19.3 Å². The lowest BCUT2D eigenvalue weighted by Gasteiger charge is -2.02. The molecule has 1 saturated carbocycles. The molecule has 0 amide bonds. The Kier molecular flexibility index (Phi) is 5.19. The lowest BCUT2D eigenvalue weighted by atomic mass is 10.1. The molecule has 21 heavy (non-hydrogen) atoms. The molecular formula is C15H20N2OS3. The second kappa shape index (κ2) is 7.11. The third-order valence-corrected chi connectivity index (χ3v) is 7.13. The van der Waals surface area contributed by atoms with E-state index in [-0.39, 0.29) is 0 Å². The topological polar surface area (TPSA) is 42.9 Å². The minimum absolute atomic E-state index is 0.548. The van der Waals surface area contributed by atoms with Crippen LogP contribution >= 0.6 is 22.7 Å². The van der Waals surface area contributed by atoms with Crippen molar-refractivity contribution in [2.24, 2.45) is 0 Å². The Morgan fingerprint density at radius 2 is 1.81 bits per heavy atom. The minimum atomic E-state index is -0.910. The zero-order valence-electron chi connectivity index (χ0n) is 12.2. The van der Waals surface area contributed by atoms with Gasteiger partial charge in [0.1, 0.15) is 0 Å². The summed E-state index contributed by atoms with van der Waals surface area (Å²) in [5.41, 5.74) is 1.95. The van der Waals surface area contributed by atoms with Crippen LogP contribution in [-0.2, 0) is 28.7 Å². The standard InChI is InChI=1S/C15H20N2OS3/c1-2-14-16-12(7-19-14)9-21(18)10-13-8-20-15(17-13)11-5-3-4-6-11/h7-8,11H,2-6,9-10H2,1H3. The lowest BCUT2D eigenvalue weighted by molar-refractivity contribution is 0.680. The number of thiazole rings is 2. The van der Waals surface area contributed by atoms with E-state index in [1.54, 1.807) is 22.7 Å². The van der Waals surface area contributed by atoms with Gasteiger partial charge in [-0.2, -0.15) is 0 Å². The van der Waals surface area contributed by atoms with E-state index < -0.39 is 10.8 Å². The SMILES string of the molecule is CCc1nc(CS(=O)Cc2csc(C3CCCC3)n2)cs1. The monoisotopic (exact) mass is 340 g/mol. The van der Waals surface area contributed by atoms with Gasteiger partial charge in [-0.15, -0.1) is 22.7 Å². The first-order valence-electron chi connectivity index (χ1n) is 7.47. The van der Waals surface area contributed by atoms with E-state index in [0.29, 0.717) is 17.4 Å². The van der Waals surface area contributed by atoms with Crippen LogP contribution < -0.4 is 0 Å². The van der Waals surface area contributed by atoms with Gasteiger partial charge in [-0.3, -0.25) is 4.21 Å². The van der Waals surface area contributed by atoms with Crippen LogP contribution in [0.1, 0.15) is 59.9 Å². The van der Waals surface area contributed by atoms with E-state index in [1.165, 1.54) is 30.7 Å². The molecule has 0 saturated heterocycles. The highest BCUT2D eigenvalue weighted by Gasteiger charge is 2.20. The summed E-state index contributed by atoms with van der Waals surface area (Å²) in [4.78, 5) is 9.19. The smallest absolute Gasteiger partial charge is 0.0959 e. The van der Waals surface area contributed by atoms with E-state index in [4.69, 9.17) is 4.98 Å². The predicted molar refractivity (Wildman–Crippen MR) is 90.4 cm³/mol. The average molecular weight is 341 g/mol. The maximum atomic E-state index is 12.3. The Labute approximate surface area is 136 Å². The van der Waals surface area contributed by atoms with Gasteiger partial charge in [0.05, 0.1) is 32.9 Å². The Balaban J connectivity index is 1.57. The molecule has 114 valence electrons. The third-order valence-electron chi connectivity index (χ3n) is 3.79. The first-order chi connectivity index (χ1) is 10.2. The molecule has 1 unspecified atom stereocenters. The summed E-state index contributed by atoms with van der Waals surface area (Å²) in [7, 11) is -0.910. The highest BCUT2D eigenvalue weighted by molar-refractivity contribution is 7.83. The Bertz CT molecular complexity index is 614. The van der Waals surface area contributed by atoms with Crippen LogP contribution in [0, 0.1) is 0 Å². The Morgan fingerprint density at radius 1 is 1.14 bits per heavy atom. The largest absolute Gasteiger partial charge is 0.259 e. The van der Waals surface area contributed by atoms with Crippen molar-refractivity contribution in [3.63, 3.8) is 0 Å². The van der Waals surface area contributed by atoms with Crippen molar-refractivity contribution < 1.29 is 4.21 Å². The zero-order chi connectivity index (χ0) is 14.7. The van der Waals surface area contributed by atoms with Gasteiger partial charge < -0.3 is 0 Å². The molecule has 6 heteroatoms. The molecule has 0 N–H and O–H groups in total. The van der Waals surface area contributed by atoms with Crippen LogP contribution in [0.3, 0.4) is 0 Å². The molecular weight excluding hydrogens is 320 g/mol. The maximum Gasteiger partial charge on any atom is 0.0959 e. The minimum Gasteiger partial charge on any atom is -0.259 e. The molecule has 3 rings (SSSR count). The first kappa shape index (κ1) is 15.3. The number of aromatic nitrogens is 2. The van der Waals surface area contributed by atoms with E-state index in [0.717, 1.165) is 22.8 Å². The van der Waals surface area contributed by atoms with Crippen molar-refractivity contribution in [1.82, 2.24) is 9.97 Å². The van der Waals surface area contributed by atoms with E-state index in [9.17, 15) is 4.21 Å². The van der Waals surface area contributed by atoms with Gasteiger partial charge in [-0.25, -0.2) is 9.97 Å². The molecule has 2 aromatic heterocycles. The number of rotatable bonds is 6. The van der Waals surface area contributed by atoms with Crippen molar-refractivity contribution >= 4 is 33.5 Å². The molecule has 1 atom stereocenters. The van der Waals surface area contributed by atoms with Gasteiger partial charge in [0.2, 0.25) is 0 Å². The van der Waals surface area contributed by atoms with Crippen molar-refractivity contribution in [1.29, 1.82) is 0 Å². The van der Waals surface area contributed by atoms with Gasteiger partial charge in [0.25, 0.3) is 0 Å². The van der Waals surface area contributed by atoms with E-state index in [2.05, 4.69) is 17.3 Å². The third kappa shape index (κ3) is 3.99. The van der Waals surface area contributed by atoms with Gasteiger partial charge in [0.15, 0.2) is 0 Å². The van der Waals surface area contributed by atoms with Gasteiger partial charge in [-0.1, -0.05) is 19.8 Å². The molecule has 0 aliphatic heterocycles. The van der Waals surface area contributed by atoms with Crippen LogP contribution in [-0.4, -0.2) is 14.2 Å². The van der Waals surface area contributed by atoms with Gasteiger partial charge in [0, 0.05) is 27.5 Å². The van der Waals surface area contributed by atoms with Crippen molar-refractivity contribution in [2.45, 2.75) is 56.5 Å². The fourth-order valence-electron chi connectivity index (χ4n) is 2.71. The van der Waals surface area contributed by atoms with Crippen LogP contribution in [0.5, 0.6) is 0 Å². The fraction of sp³-hybridized carbons (Fsp3) is 0.600. The normalized spacial score (nSPS) is 17.4. The Morgan fingerprint density at radius 3 is 2.48 bits per heavy atom. The molecule has 1 fully saturated rings. The van der Waals surface area contributed by atoms with E-state index in [1.807, 2.05) is 5.38 Å². The summed E-state index contributed by atoms with van der Waals surface area (Å²) in [6.45, 7) is 2.10. The highest BCUT2D eigenvalue weighted by atomic mass is 32.2. The molecule has 3 nitrogen and oxygen atoms in total. The van der Waals surface area contributed by atoms with Crippen molar-refractivity contribution in [2.75, 3.05) is 0 Å². The van der Waals surface area contributed by atoms with Crippen LogP contribution in [0.15, 0.2) is 10.8 Å². The van der Waals surface area contributed by atoms with Crippen molar-refractivity contribution in [3.8, 4) is 0 Å². The number of hydrogen-bond acceptors (Lipinski definition) is 5. The molecule has 2 aromatic rings. The molecule has 0 aromatic carbocycles. The maximum absolute atomic E-state index is 12.3. The molecule has 0 bridgehead atoms.